The number of hydrogen-bond donors (Lipinski definition) is 0. The van der Waals surface area contributed by atoms with Crippen LogP contribution in [0.15, 0.2) is 66.7 Å². The van der Waals surface area contributed by atoms with Gasteiger partial charge in [0.1, 0.15) is 30.9 Å². The molecular weight excluding hydrogens is 609 g/mol. The Morgan fingerprint density at radius 1 is 0.958 bits per heavy atom. The molecule has 7 rings (SSSR count). The number of likely N-dealkylation sites (tertiary alicyclic amines) is 1. The number of rotatable bonds is 8. The van der Waals surface area contributed by atoms with Gasteiger partial charge < -0.3 is 29.0 Å². The lowest BCUT2D eigenvalue weighted by atomic mass is 10.0. The summed E-state index contributed by atoms with van der Waals surface area (Å²) in [7, 11) is 2.12. The fourth-order valence-electron chi connectivity index (χ4n) is 7.15. The minimum atomic E-state index is -0.413. The summed E-state index contributed by atoms with van der Waals surface area (Å²) in [6.45, 7) is 12.2. The SMILES string of the molecule is [C-]#[N+]C[C@H]1CN(c2nc(OC[C@H]3CCCN3C)nc3c2CCN(c2ccc(F)c4ccccc24)C3)CCN1C(=O)OCc1ccccc1. The molecule has 4 heterocycles. The second-order valence-electron chi connectivity index (χ2n) is 12.8. The van der Waals surface area contributed by atoms with Gasteiger partial charge in [0.2, 0.25) is 6.54 Å². The van der Waals surface area contributed by atoms with Gasteiger partial charge in [0.25, 0.3) is 0 Å². The zero-order valence-electron chi connectivity index (χ0n) is 27.2. The number of anilines is 2. The van der Waals surface area contributed by atoms with Crippen LogP contribution in [0.3, 0.4) is 0 Å². The van der Waals surface area contributed by atoms with Gasteiger partial charge in [0.05, 0.1) is 12.2 Å². The number of amides is 1. The molecule has 0 aliphatic carbocycles. The van der Waals surface area contributed by atoms with Gasteiger partial charge in [-0.15, -0.1) is 0 Å². The van der Waals surface area contributed by atoms with Crippen molar-refractivity contribution in [3.8, 4) is 6.01 Å². The molecule has 3 aliphatic rings. The Morgan fingerprint density at radius 2 is 1.77 bits per heavy atom. The van der Waals surface area contributed by atoms with Crippen molar-refractivity contribution in [2.24, 2.45) is 0 Å². The van der Waals surface area contributed by atoms with E-state index in [2.05, 4.69) is 26.6 Å². The van der Waals surface area contributed by atoms with Gasteiger partial charge >= 0.3 is 12.1 Å². The molecule has 0 bridgehead atoms. The van der Waals surface area contributed by atoms with Crippen LogP contribution in [-0.2, 0) is 24.3 Å². The van der Waals surface area contributed by atoms with Crippen LogP contribution in [0.5, 0.6) is 6.01 Å². The van der Waals surface area contributed by atoms with Gasteiger partial charge in [0.15, 0.2) is 0 Å². The van der Waals surface area contributed by atoms with Crippen molar-refractivity contribution in [1.29, 1.82) is 0 Å². The molecule has 0 radical (unpaired) electrons. The number of ether oxygens (including phenoxy) is 2. The van der Waals surface area contributed by atoms with E-state index in [4.69, 9.17) is 26.0 Å². The average Bonchev–Trinajstić information content (AvgIpc) is 3.54. The van der Waals surface area contributed by atoms with Gasteiger partial charge in [-0.25, -0.2) is 15.8 Å². The zero-order valence-corrected chi connectivity index (χ0v) is 27.2. The van der Waals surface area contributed by atoms with Crippen molar-refractivity contribution in [3.63, 3.8) is 0 Å². The first kappa shape index (κ1) is 31.6. The highest BCUT2D eigenvalue weighted by atomic mass is 19.1. The van der Waals surface area contributed by atoms with E-state index in [0.29, 0.717) is 63.2 Å². The summed E-state index contributed by atoms with van der Waals surface area (Å²) < 4.78 is 26.7. The molecule has 48 heavy (non-hydrogen) atoms. The first-order valence-electron chi connectivity index (χ1n) is 16.7. The van der Waals surface area contributed by atoms with Crippen LogP contribution < -0.4 is 14.5 Å². The molecule has 1 amide bonds. The van der Waals surface area contributed by atoms with Crippen LogP contribution in [0, 0.1) is 12.4 Å². The van der Waals surface area contributed by atoms with Crippen molar-refractivity contribution in [1.82, 2.24) is 19.8 Å². The van der Waals surface area contributed by atoms with Gasteiger partial charge in [0, 0.05) is 54.2 Å². The van der Waals surface area contributed by atoms with Crippen LogP contribution in [0.1, 0.15) is 29.7 Å². The van der Waals surface area contributed by atoms with Crippen LogP contribution in [-0.4, -0.2) is 90.9 Å². The fourth-order valence-corrected chi connectivity index (χ4v) is 7.15. The third-order valence-electron chi connectivity index (χ3n) is 9.81. The van der Waals surface area contributed by atoms with Gasteiger partial charge in [-0.1, -0.05) is 54.6 Å². The Balaban J connectivity index is 1.15. The van der Waals surface area contributed by atoms with Crippen molar-refractivity contribution >= 4 is 28.4 Å². The summed E-state index contributed by atoms with van der Waals surface area (Å²) in [6.07, 6.45) is 2.49. The molecular formula is C37H40FN7O3. The molecule has 0 unspecified atom stereocenters. The predicted molar refractivity (Wildman–Crippen MR) is 183 cm³/mol. The molecule has 0 N–H and O–H groups in total. The largest absolute Gasteiger partial charge is 0.462 e. The highest BCUT2D eigenvalue weighted by Gasteiger charge is 2.36. The minimum Gasteiger partial charge on any atom is -0.462 e. The molecule has 11 heteroatoms. The normalized spacial score (nSPS) is 19.6. The fraction of sp³-hybridized carbons (Fsp3) is 0.405. The van der Waals surface area contributed by atoms with Crippen LogP contribution >= 0.6 is 0 Å². The maximum atomic E-state index is 14.7. The number of nitrogens with zero attached hydrogens (tertiary/aromatic N) is 7. The van der Waals surface area contributed by atoms with E-state index >= 15 is 0 Å². The summed E-state index contributed by atoms with van der Waals surface area (Å²) >= 11 is 0. The maximum absolute atomic E-state index is 14.7. The maximum Gasteiger partial charge on any atom is 0.410 e. The van der Waals surface area contributed by atoms with Gasteiger partial charge in [-0.2, -0.15) is 9.97 Å². The summed E-state index contributed by atoms with van der Waals surface area (Å²) in [5.74, 6) is 0.562. The van der Waals surface area contributed by atoms with Crippen molar-refractivity contribution < 1.29 is 18.7 Å². The monoisotopic (exact) mass is 649 g/mol. The average molecular weight is 650 g/mol. The lowest BCUT2D eigenvalue weighted by Gasteiger charge is -2.40. The topological polar surface area (TPSA) is 78.6 Å². The van der Waals surface area contributed by atoms with Crippen LogP contribution in [0.2, 0.25) is 0 Å². The lowest BCUT2D eigenvalue weighted by Crippen LogP contribution is -2.57. The van der Waals surface area contributed by atoms with Crippen molar-refractivity contribution in [2.45, 2.75) is 44.5 Å². The van der Waals surface area contributed by atoms with Gasteiger partial charge in [-0.3, -0.25) is 4.90 Å². The molecule has 2 fully saturated rings. The van der Waals surface area contributed by atoms with E-state index in [1.54, 1.807) is 4.90 Å². The number of likely N-dealkylation sites (N-methyl/N-ethyl adjacent to an activating group) is 1. The summed E-state index contributed by atoms with van der Waals surface area (Å²) in [5, 5.41) is 1.47. The van der Waals surface area contributed by atoms with Crippen LogP contribution in [0.4, 0.5) is 20.7 Å². The highest BCUT2D eigenvalue weighted by molar-refractivity contribution is 5.94. The van der Waals surface area contributed by atoms with Crippen LogP contribution in [0.25, 0.3) is 15.6 Å². The lowest BCUT2D eigenvalue weighted by molar-refractivity contribution is 0.0788. The van der Waals surface area contributed by atoms with Crippen molar-refractivity contribution in [3.05, 3.63) is 101 Å². The van der Waals surface area contributed by atoms with Crippen molar-refractivity contribution in [2.75, 3.05) is 62.7 Å². The van der Waals surface area contributed by atoms with E-state index < -0.39 is 6.09 Å². The second-order valence-corrected chi connectivity index (χ2v) is 12.8. The Hall–Kier alpha value is -4.95. The quantitative estimate of drug-likeness (QED) is 0.230. The molecule has 2 atom stereocenters. The van der Waals surface area contributed by atoms with E-state index in [1.807, 2.05) is 60.7 Å². The number of piperazine rings is 1. The third-order valence-corrected chi connectivity index (χ3v) is 9.81. The smallest absolute Gasteiger partial charge is 0.410 e. The standard InChI is InChI=1S/C37H40FN7O3/c1-39-21-28-22-44(19-20-45(28)37(46)48-24-26-9-4-3-5-10-26)35-31-16-18-43(34-15-14-32(38)29-12-6-7-13-30(29)34)23-33(31)40-36(41-35)47-25-27-11-8-17-42(27)2/h3-7,9-10,12-15,27-28H,8,11,16-25H2,2H3/t27-,28+/m1/s1. The Morgan fingerprint density at radius 3 is 2.56 bits per heavy atom. The number of aromatic nitrogens is 2. The number of hydrogen-bond acceptors (Lipinski definition) is 8. The Bertz CT molecular complexity index is 1820. The number of carbonyl (C=O) groups excluding carboxylic acids is 1. The molecule has 3 aromatic carbocycles. The van der Waals surface area contributed by atoms with E-state index in [-0.39, 0.29) is 25.0 Å². The third kappa shape index (κ3) is 6.58. The molecule has 2 saturated heterocycles. The van der Waals surface area contributed by atoms with E-state index in [1.165, 1.54) is 6.07 Å². The Labute approximate surface area is 280 Å². The molecule has 248 valence electrons. The first-order chi connectivity index (χ1) is 23.5. The zero-order chi connectivity index (χ0) is 33.0. The summed E-state index contributed by atoms with van der Waals surface area (Å²) in [4.78, 5) is 35.2. The summed E-state index contributed by atoms with van der Waals surface area (Å²) in [6, 6.07) is 20.8. The number of benzene rings is 3. The van der Waals surface area contributed by atoms with Gasteiger partial charge in [-0.05, 0) is 50.6 Å². The molecule has 0 spiro atoms. The first-order valence-corrected chi connectivity index (χ1v) is 16.7. The predicted octanol–water partition coefficient (Wildman–Crippen LogP) is 5.55. The molecule has 3 aliphatic heterocycles. The number of halogens is 1. The van der Waals surface area contributed by atoms with E-state index in [9.17, 15) is 9.18 Å². The number of carbonyl (C=O) groups is 1. The molecule has 4 aromatic rings. The van der Waals surface area contributed by atoms with E-state index in [0.717, 1.165) is 53.1 Å². The molecule has 10 nitrogen and oxygen atoms in total. The minimum absolute atomic E-state index is 0.160. The highest BCUT2D eigenvalue weighted by Crippen LogP contribution is 2.35. The molecule has 0 saturated carbocycles. The number of fused-ring (bicyclic) bond motifs is 2. The molecule has 1 aromatic heterocycles. The second kappa shape index (κ2) is 14.0. The summed E-state index contributed by atoms with van der Waals surface area (Å²) in [5.41, 5.74) is 3.80. The Kier molecular flexibility index (Phi) is 9.25.